The Bertz CT molecular complexity index is 470. The van der Waals surface area contributed by atoms with Gasteiger partial charge in [-0.2, -0.15) is 0 Å². The number of rotatable bonds is 9. The van der Waals surface area contributed by atoms with E-state index in [1.54, 1.807) is 0 Å². The van der Waals surface area contributed by atoms with Gasteiger partial charge in [0, 0.05) is 68.8 Å². The third kappa shape index (κ3) is 5.18. The van der Waals surface area contributed by atoms with Gasteiger partial charge in [-0.1, -0.05) is 12.1 Å². The van der Waals surface area contributed by atoms with Crippen LogP contribution in [0.1, 0.15) is 11.4 Å². The fraction of sp³-hybridized carbons (Fsp3) is 0.412. The second kappa shape index (κ2) is 9.25. The van der Waals surface area contributed by atoms with E-state index in [1.807, 2.05) is 36.7 Å². The van der Waals surface area contributed by atoms with E-state index in [0.29, 0.717) is 19.1 Å². The first-order valence-electron chi connectivity index (χ1n) is 7.77. The molecule has 0 radical (unpaired) electrons. The molecule has 2 rings (SSSR count). The first-order valence-corrected chi connectivity index (χ1v) is 7.77. The summed E-state index contributed by atoms with van der Waals surface area (Å²) in [6, 6.07) is 12.4. The van der Waals surface area contributed by atoms with Gasteiger partial charge < -0.3 is 11.5 Å². The smallest absolute Gasteiger partial charge is 0.0419 e. The Morgan fingerprint density at radius 2 is 1.32 bits per heavy atom. The zero-order chi connectivity index (χ0) is 15.6. The van der Waals surface area contributed by atoms with Crippen molar-refractivity contribution in [1.29, 1.82) is 0 Å². The minimum absolute atomic E-state index is 0.303. The Balaban J connectivity index is 2.14. The standard InChI is InChI=1S/C17H25N5/c18-7-11-22(12-8-19)17(13-15-5-1-3-9-20-15)14-16-6-2-4-10-21-16/h1-6,9-10,17H,7-8,11-14,18-19H2. The second-order valence-electron chi connectivity index (χ2n) is 5.32. The summed E-state index contributed by atoms with van der Waals surface area (Å²) in [7, 11) is 0. The normalized spacial score (nSPS) is 11.3. The van der Waals surface area contributed by atoms with E-state index in [9.17, 15) is 0 Å². The van der Waals surface area contributed by atoms with Crippen molar-refractivity contribution in [3.8, 4) is 0 Å². The molecule has 22 heavy (non-hydrogen) atoms. The predicted molar refractivity (Wildman–Crippen MR) is 89.4 cm³/mol. The highest BCUT2D eigenvalue weighted by molar-refractivity contribution is 5.10. The van der Waals surface area contributed by atoms with E-state index in [0.717, 1.165) is 37.3 Å². The molecule has 0 saturated heterocycles. The van der Waals surface area contributed by atoms with E-state index in [1.165, 1.54) is 0 Å². The maximum Gasteiger partial charge on any atom is 0.0419 e. The predicted octanol–water partition coefficient (Wildman–Crippen LogP) is 0.850. The van der Waals surface area contributed by atoms with Crippen LogP contribution in [0, 0.1) is 0 Å². The van der Waals surface area contributed by atoms with Crippen molar-refractivity contribution in [2.24, 2.45) is 11.5 Å². The van der Waals surface area contributed by atoms with Crippen LogP contribution < -0.4 is 11.5 Å². The van der Waals surface area contributed by atoms with Gasteiger partial charge in [0.2, 0.25) is 0 Å². The first-order chi connectivity index (χ1) is 10.8. The van der Waals surface area contributed by atoms with E-state index >= 15 is 0 Å². The highest BCUT2D eigenvalue weighted by Crippen LogP contribution is 2.12. The van der Waals surface area contributed by atoms with Crippen LogP contribution in [0.5, 0.6) is 0 Å². The number of hydrogen-bond donors (Lipinski definition) is 2. The summed E-state index contributed by atoms with van der Waals surface area (Å²) in [6.45, 7) is 2.92. The van der Waals surface area contributed by atoms with Crippen LogP contribution in [0.2, 0.25) is 0 Å². The summed E-state index contributed by atoms with van der Waals surface area (Å²) in [4.78, 5) is 11.3. The number of nitrogens with zero attached hydrogens (tertiary/aromatic N) is 3. The molecule has 0 amide bonds. The van der Waals surface area contributed by atoms with Crippen molar-refractivity contribution < 1.29 is 0 Å². The monoisotopic (exact) mass is 299 g/mol. The van der Waals surface area contributed by atoms with Gasteiger partial charge in [0.05, 0.1) is 0 Å². The molecule has 0 saturated carbocycles. The van der Waals surface area contributed by atoms with Gasteiger partial charge in [-0.25, -0.2) is 0 Å². The van der Waals surface area contributed by atoms with Gasteiger partial charge in [0.15, 0.2) is 0 Å². The Morgan fingerprint density at radius 1 is 0.818 bits per heavy atom. The fourth-order valence-electron chi connectivity index (χ4n) is 2.66. The fourth-order valence-corrected chi connectivity index (χ4v) is 2.66. The van der Waals surface area contributed by atoms with Crippen molar-refractivity contribution in [2.45, 2.75) is 18.9 Å². The van der Waals surface area contributed by atoms with Gasteiger partial charge in [-0.15, -0.1) is 0 Å². The molecule has 0 spiro atoms. The van der Waals surface area contributed by atoms with Crippen LogP contribution in [-0.2, 0) is 12.8 Å². The largest absolute Gasteiger partial charge is 0.329 e. The van der Waals surface area contributed by atoms with E-state index in [-0.39, 0.29) is 0 Å². The molecule has 2 heterocycles. The third-order valence-corrected chi connectivity index (χ3v) is 3.69. The van der Waals surface area contributed by atoms with Crippen molar-refractivity contribution in [3.05, 3.63) is 60.2 Å². The van der Waals surface area contributed by atoms with E-state index in [2.05, 4.69) is 27.0 Å². The minimum Gasteiger partial charge on any atom is -0.329 e. The molecule has 5 heteroatoms. The zero-order valence-corrected chi connectivity index (χ0v) is 12.9. The molecule has 0 bridgehead atoms. The van der Waals surface area contributed by atoms with Crippen molar-refractivity contribution in [1.82, 2.24) is 14.9 Å². The van der Waals surface area contributed by atoms with Crippen LogP contribution in [0.3, 0.4) is 0 Å². The molecule has 0 aliphatic carbocycles. The van der Waals surface area contributed by atoms with Crippen LogP contribution >= 0.6 is 0 Å². The Morgan fingerprint density at radius 3 is 1.68 bits per heavy atom. The molecule has 0 aliphatic heterocycles. The van der Waals surface area contributed by atoms with Crippen molar-refractivity contribution in [2.75, 3.05) is 26.2 Å². The molecule has 0 fully saturated rings. The number of aromatic nitrogens is 2. The Labute approximate surface area is 132 Å². The molecule has 118 valence electrons. The van der Waals surface area contributed by atoms with Crippen molar-refractivity contribution >= 4 is 0 Å². The molecular weight excluding hydrogens is 274 g/mol. The van der Waals surface area contributed by atoms with Crippen molar-refractivity contribution in [3.63, 3.8) is 0 Å². The summed E-state index contributed by atoms with van der Waals surface area (Å²) >= 11 is 0. The SMILES string of the molecule is NCCN(CCN)C(Cc1ccccn1)Cc1ccccn1. The molecule has 2 aromatic heterocycles. The van der Waals surface area contributed by atoms with Crippen LogP contribution in [0.15, 0.2) is 48.8 Å². The topological polar surface area (TPSA) is 81.1 Å². The highest BCUT2D eigenvalue weighted by Gasteiger charge is 2.19. The quantitative estimate of drug-likeness (QED) is 0.717. The summed E-state index contributed by atoms with van der Waals surface area (Å²) in [6.07, 6.45) is 5.42. The molecule has 0 unspecified atom stereocenters. The van der Waals surface area contributed by atoms with Crippen LogP contribution in [0.4, 0.5) is 0 Å². The summed E-state index contributed by atoms with van der Waals surface area (Å²) < 4.78 is 0. The second-order valence-corrected chi connectivity index (χ2v) is 5.32. The molecular formula is C17H25N5. The Kier molecular flexibility index (Phi) is 6.96. The molecule has 5 nitrogen and oxygen atoms in total. The maximum atomic E-state index is 5.77. The summed E-state index contributed by atoms with van der Waals surface area (Å²) in [5.74, 6) is 0. The van der Waals surface area contributed by atoms with Gasteiger partial charge in [0.25, 0.3) is 0 Å². The summed E-state index contributed by atoms with van der Waals surface area (Å²) in [5, 5.41) is 0. The number of hydrogen-bond acceptors (Lipinski definition) is 5. The Hall–Kier alpha value is -1.82. The van der Waals surface area contributed by atoms with Gasteiger partial charge in [0.1, 0.15) is 0 Å². The molecule has 2 aromatic rings. The van der Waals surface area contributed by atoms with E-state index < -0.39 is 0 Å². The van der Waals surface area contributed by atoms with E-state index in [4.69, 9.17) is 11.5 Å². The average molecular weight is 299 g/mol. The average Bonchev–Trinajstić information content (AvgIpc) is 2.56. The third-order valence-electron chi connectivity index (χ3n) is 3.69. The minimum atomic E-state index is 0.303. The van der Waals surface area contributed by atoms with Gasteiger partial charge >= 0.3 is 0 Å². The number of nitrogens with two attached hydrogens (primary N) is 2. The zero-order valence-electron chi connectivity index (χ0n) is 12.9. The lowest BCUT2D eigenvalue weighted by atomic mass is 10.0. The molecule has 4 N–H and O–H groups in total. The first kappa shape index (κ1) is 16.5. The summed E-state index contributed by atoms with van der Waals surface area (Å²) in [5.41, 5.74) is 13.7. The highest BCUT2D eigenvalue weighted by atomic mass is 15.2. The molecule has 0 aliphatic rings. The van der Waals surface area contributed by atoms with Crippen LogP contribution in [-0.4, -0.2) is 47.1 Å². The maximum absolute atomic E-state index is 5.77. The lowest BCUT2D eigenvalue weighted by Crippen LogP contribution is -2.44. The molecule has 0 atom stereocenters. The van der Waals surface area contributed by atoms with Crippen LogP contribution in [0.25, 0.3) is 0 Å². The number of pyridine rings is 2. The lowest BCUT2D eigenvalue weighted by Gasteiger charge is -2.31. The molecule has 0 aromatic carbocycles. The lowest BCUT2D eigenvalue weighted by molar-refractivity contribution is 0.201. The van der Waals surface area contributed by atoms with Gasteiger partial charge in [-0.3, -0.25) is 14.9 Å². The van der Waals surface area contributed by atoms with Gasteiger partial charge in [-0.05, 0) is 24.3 Å².